The van der Waals surface area contributed by atoms with Crippen LogP contribution in [0.15, 0.2) is 43.1 Å². The second kappa shape index (κ2) is 7.05. The molecule has 0 radical (unpaired) electrons. The van der Waals surface area contributed by atoms with Crippen molar-refractivity contribution in [3.63, 3.8) is 0 Å². The van der Waals surface area contributed by atoms with E-state index in [1.165, 1.54) is 6.07 Å². The molecule has 0 bridgehead atoms. The van der Waals surface area contributed by atoms with Crippen molar-refractivity contribution < 1.29 is 14.7 Å². The molecule has 0 unspecified atom stereocenters. The summed E-state index contributed by atoms with van der Waals surface area (Å²) in [5.74, 6) is -0.655. The van der Waals surface area contributed by atoms with Gasteiger partial charge in [-0.05, 0) is 24.3 Å². The highest BCUT2D eigenvalue weighted by Crippen LogP contribution is 2.27. The highest BCUT2D eigenvalue weighted by atomic mass is 32.1. The average molecular weight is 355 g/mol. The molecule has 3 N–H and O–H groups in total. The molecule has 3 aromatic rings. The summed E-state index contributed by atoms with van der Waals surface area (Å²) in [6, 6.07) is 6.11. The Labute approximate surface area is 146 Å². The third kappa shape index (κ3) is 3.78. The van der Waals surface area contributed by atoms with Crippen molar-refractivity contribution in [2.24, 2.45) is 0 Å². The van der Waals surface area contributed by atoms with Crippen LogP contribution in [-0.2, 0) is 0 Å². The lowest BCUT2D eigenvalue weighted by Crippen LogP contribution is -2.28. The molecule has 8 nitrogen and oxygen atoms in total. The number of hydrogen-bond acceptors (Lipinski definition) is 6. The molecule has 0 saturated carbocycles. The molecule has 0 spiro atoms. The first-order valence-electron chi connectivity index (χ1n) is 7.20. The van der Waals surface area contributed by atoms with Crippen LogP contribution in [0, 0.1) is 0 Å². The van der Waals surface area contributed by atoms with Gasteiger partial charge in [-0.2, -0.15) is 0 Å². The molecule has 0 aromatic carbocycles. The van der Waals surface area contributed by atoms with Gasteiger partial charge in [0.15, 0.2) is 5.65 Å². The first kappa shape index (κ1) is 16.5. The topological polar surface area (TPSA) is 117 Å². The summed E-state index contributed by atoms with van der Waals surface area (Å²) in [6.45, 7) is 3.86. The fourth-order valence-corrected chi connectivity index (χ4v) is 2.80. The molecule has 3 aromatic heterocycles. The van der Waals surface area contributed by atoms with Crippen LogP contribution in [0.1, 0.15) is 9.67 Å². The van der Waals surface area contributed by atoms with Gasteiger partial charge in [-0.3, -0.25) is 10.3 Å². The molecule has 25 heavy (non-hydrogen) atoms. The van der Waals surface area contributed by atoms with Gasteiger partial charge in [0.1, 0.15) is 21.9 Å². The van der Waals surface area contributed by atoms with Crippen molar-refractivity contribution in [3.05, 3.63) is 48.0 Å². The van der Waals surface area contributed by atoms with Crippen LogP contribution in [0.2, 0.25) is 0 Å². The van der Waals surface area contributed by atoms with Crippen LogP contribution in [0.5, 0.6) is 0 Å². The third-order valence-corrected chi connectivity index (χ3v) is 4.22. The van der Waals surface area contributed by atoms with E-state index < -0.39 is 12.0 Å². The number of nitrogens with zero attached hydrogens (tertiary/aromatic N) is 3. The zero-order valence-electron chi connectivity index (χ0n) is 12.9. The third-order valence-electron chi connectivity index (χ3n) is 3.12. The van der Waals surface area contributed by atoms with Crippen LogP contribution >= 0.6 is 11.3 Å². The molecule has 9 heteroatoms. The number of carboxylic acids is 1. The Morgan fingerprint density at radius 1 is 1.24 bits per heavy atom. The van der Waals surface area contributed by atoms with E-state index in [0.717, 1.165) is 11.3 Å². The van der Waals surface area contributed by atoms with Gasteiger partial charge in [0.05, 0.1) is 11.1 Å². The Morgan fingerprint density at radius 2 is 2.08 bits per heavy atom. The summed E-state index contributed by atoms with van der Waals surface area (Å²) in [5.41, 5.74) is 1.44. The number of nitrogens with one attached hydrogen (secondary N) is 2. The van der Waals surface area contributed by atoms with E-state index in [1.807, 2.05) is 0 Å². The number of hydrogen-bond donors (Lipinski definition) is 3. The molecule has 0 atom stereocenters. The molecule has 3 rings (SSSR count). The largest absolute Gasteiger partial charge is 0.477 e. The summed E-state index contributed by atoms with van der Waals surface area (Å²) in [6.07, 6.45) is 3.13. The van der Waals surface area contributed by atoms with Gasteiger partial charge >= 0.3 is 12.0 Å². The van der Waals surface area contributed by atoms with Crippen molar-refractivity contribution in [1.82, 2.24) is 20.3 Å². The Morgan fingerprint density at radius 3 is 2.80 bits per heavy atom. The van der Waals surface area contributed by atoms with E-state index >= 15 is 0 Å². The predicted octanol–water partition coefficient (Wildman–Crippen LogP) is 2.76. The lowest BCUT2D eigenvalue weighted by molar-refractivity contribution is 0.0702. The maximum atomic E-state index is 11.7. The van der Waals surface area contributed by atoms with Gasteiger partial charge in [-0.1, -0.05) is 6.08 Å². The number of urea groups is 1. The Kier molecular flexibility index (Phi) is 4.66. The Bertz CT molecular complexity index is 969. The number of carbonyl (C=O) groups is 2. The lowest BCUT2D eigenvalue weighted by Gasteiger charge is -2.06. The standard InChI is InChI=1S/C16H13N5O3S/c1-2-7-17-16(24)21-13-6-3-9-14(20-13)19-10(8-18-9)11-4-5-12(25-11)15(22)23/h2-6,8H,1,7H2,(H,22,23)(H2,17,19,20,21,24). The Balaban J connectivity index is 1.88. The molecule has 0 saturated heterocycles. The van der Waals surface area contributed by atoms with Gasteiger partial charge in [0.2, 0.25) is 0 Å². The fourth-order valence-electron chi connectivity index (χ4n) is 2.00. The van der Waals surface area contributed by atoms with Gasteiger partial charge in [0.25, 0.3) is 0 Å². The van der Waals surface area contributed by atoms with Gasteiger partial charge < -0.3 is 10.4 Å². The van der Waals surface area contributed by atoms with E-state index in [0.29, 0.717) is 34.1 Å². The first-order valence-corrected chi connectivity index (χ1v) is 8.01. The summed E-state index contributed by atoms with van der Waals surface area (Å²) in [5, 5.41) is 14.2. The van der Waals surface area contributed by atoms with Crippen molar-refractivity contribution >= 4 is 40.3 Å². The van der Waals surface area contributed by atoms with E-state index in [1.54, 1.807) is 30.5 Å². The minimum absolute atomic E-state index is 0.221. The summed E-state index contributed by atoms with van der Waals surface area (Å²) >= 11 is 1.11. The highest BCUT2D eigenvalue weighted by molar-refractivity contribution is 7.17. The van der Waals surface area contributed by atoms with Gasteiger partial charge in [-0.25, -0.2) is 19.6 Å². The number of aromatic nitrogens is 3. The molecule has 0 aliphatic carbocycles. The smallest absolute Gasteiger partial charge is 0.345 e. The summed E-state index contributed by atoms with van der Waals surface area (Å²) < 4.78 is 0. The minimum Gasteiger partial charge on any atom is -0.477 e. The highest BCUT2D eigenvalue weighted by Gasteiger charge is 2.11. The SMILES string of the molecule is C=CCNC(=O)Nc1ccc2ncc(-c3ccc(C(=O)O)s3)nc2n1. The number of aromatic carboxylic acids is 1. The van der Waals surface area contributed by atoms with Crippen LogP contribution in [-0.4, -0.2) is 38.6 Å². The van der Waals surface area contributed by atoms with Gasteiger partial charge in [0, 0.05) is 6.54 Å². The average Bonchev–Trinajstić information content (AvgIpc) is 3.10. The molecule has 0 aliphatic heterocycles. The maximum absolute atomic E-state index is 11.7. The van der Waals surface area contributed by atoms with Gasteiger partial charge in [-0.15, -0.1) is 17.9 Å². The van der Waals surface area contributed by atoms with E-state index in [9.17, 15) is 9.59 Å². The lowest BCUT2D eigenvalue weighted by atomic mass is 10.3. The molecule has 126 valence electrons. The number of carbonyl (C=O) groups excluding carboxylic acids is 1. The number of pyridine rings is 1. The van der Waals surface area contributed by atoms with Crippen LogP contribution < -0.4 is 10.6 Å². The van der Waals surface area contributed by atoms with Crippen LogP contribution in [0.4, 0.5) is 10.6 Å². The number of carboxylic acid groups (broad SMARTS) is 1. The minimum atomic E-state index is -0.986. The van der Waals surface area contributed by atoms with E-state index in [2.05, 4.69) is 32.2 Å². The second-order valence-corrected chi connectivity index (χ2v) is 5.97. The molecule has 0 fully saturated rings. The van der Waals surface area contributed by atoms with Crippen molar-refractivity contribution in [3.8, 4) is 10.6 Å². The molecular weight excluding hydrogens is 342 g/mol. The van der Waals surface area contributed by atoms with Crippen molar-refractivity contribution in [2.75, 3.05) is 11.9 Å². The molecular formula is C16H13N5O3S. The van der Waals surface area contributed by atoms with Crippen LogP contribution in [0.25, 0.3) is 21.7 Å². The van der Waals surface area contributed by atoms with E-state index in [-0.39, 0.29) is 4.88 Å². The molecule has 2 amide bonds. The fraction of sp³-hybridized carbons (Fsp3) is 0.0625. The second-order valence-electron chi connectivity index (χ2n) is 4.89. The number of amides is 2. The normalized spacial score (nSPS) is 10.4. The monoisotopic (exact) mass is 355 g/mol. The maximum Gasteiger partial charge on any atom is 0.345 e. The number of fused-ring (bicyclic) bond motifs is 1. The predicted molar refractivity (Wildman–Crippen MR) is 94.8 cm³/mol. The number of rotatable bonds is 5. The zero-order chi connectivity index (χ0) is 17.8. The quantitative estimate of drug-likeness (QED) is 0.606. The summed E-state index contributed by atoms with van der Waals surface area (Å²) in [4.78, 5) is 36.5. The Hall–Kier alpha value is -3.33. The van der Waals surface area contributed by atoms with Crippen molar-refractivity contribution in [1.29, 1.82) is 0 Å². The first-order chi connectivity index (χ1) is 12.1. The molecule has 3 heterocycles. The van der Waals surface area contributed by atoms with Crippen molar-refractivity contribution in [2.45, 2.75) is 0 Å². The summed E-state index contributed by atoms with van der Waals surface area (Å²) in [7, 11) is 0. The van der Waals surface area contributed by atoms with E-state index in [4.69, 9.17) is 5.11 Å². The molecule has 0 aliphatic rings. The number of thiophene rings is 1. The van der Waals surface area contributed by atoms with Crippen LogP contribution in [0.3, 0.4) is 0 Å². The zero-order valence-corrected chi connectivity index (χ0v) is 13.7. The number of anilines is 1.